The van der Waals surface area contributed by atoms with Crippen LogP contribution >= 0.6 is 11.6 Å². The summed E-state index contributed by atoms with van der Waals surface area (Å²) in [6.45, 7) is 0. The van der Waals surface area contributed by atoms with Gasteiger partial charge < -0.3 is 25.5 Å². The number of carbonyl (C=O) groups is 1. The van der Waals surface area contributed by atoms with Gasteiger partial charge in [0.2, 0.25) is 0 Å². The predicted molar refractivity (Wildman–Crippen MR) is 131 cm³/mol. The van der Waals surface area contributed by atoms with E-state index in [-0.39, 0.29) is 28.5 Å². The maximum Gasteiger partial charge on any atom is 0.409 e. The second-order valence-electron chi connectivity index (χ2n) is 7.59. The molecule has 0 fully saturated rings. The van der Waals surface area contributed by atoms with Crippen molar-refractivity contribution < 1.29 is 18.7 Å². The van der Waals surface area contributed by atoms with Gasteiger partial charge in [0.05, 0.1) is 11.1 Å². The van der Waals surface area contributed by atoms with Crippen LogP contribution in [0.4, 0.5) is 15.0 Å². The highest BCUT2D eigenvalue weighted by Crippen LogP contribution is 2.42. The molecule has 0 radical (unpaired) electrons. The molecule has 2 aromatic carbocycles. The molecule has 0 spiro atoms. The topological polar surface area (TPSA) is 144 Å². The molecule has 0 unspecified atom stereocenters. The molecular formula is C24H17ClFN7O3. The first-order valence-electron chi connectivity index (χ1n) is 10.4. The van der Waals surface area contributed by atoms with E-state index in [4.69, 9.17) is 32.5 Å². The van der Waals surface area contributed by atoms with E-state index in [1.165, 1.54) is 30.7 Å². The van der Waals surface area contributed by atoms with Gasteiger partial charge in [0.1, 0.15) is 28.7 Å². The highest BCUT2D eigenvalue weighted by molar-refractivity contribution is 6.29. The van der Waals surface area contributed by atoms with Crippen LogP contribution in [-0.2, 0) is 7.05 Å². The predicted octanol–water partition coefficient (Wildman–Crippen LogP) is 4.72. The number of halogens is 2. The van der Waals surface area contributed by atoms with Gasteiger partial charge in [-0.3, -0.25) is 0 Å². The van der Waals surface area contributed by atoms with Gasteiger partial charge in [0.25, 0.3) is 0 Å². The number of fused-ring (bicyclic) bond motifs is 1. The Morgan fingerprint density at radius 1 is 1.06 bits per heavy atom. The number of hydrogen-bond donors (Lipinski definition) is 2. The molecule has 1 amide bonds. The van der Waals surface area contributed by atoms with Gasteiger partial charge in [0.15, 0.2) is 11.6 Å². The molecule has 0 aliphatic heterocycles. The number of nitrogen functional groups attached to an aromatic ring is 1. The fraction of sp³-hybridized carbons (Fsp3) is 0.0417. The highest BCUT2D eigenvalue weighted by Gasteiger charge is 2.23. The van der Waals surface area contributed by atoms with E-state index in [0.717, 1.165) is 5.56 Å². The third-order valence-electron chi connectivity index (χ3n) is 5.36. The SMILES string of the molecule is Cn1c(-c2ccc(OC(N)=O)cc2)c(-c2ccc(Oc3nccc(Cl)n3)c(F)c2)c2c(N)ncnc21. The van der Waals surface area contributed by atoms with Crippen molar-refractivity contribution in [1.82, 2.24) is 24.5 Å². The lowest BCUT2D eigenvalue weighted by Crippen LogP contribution is -2.16. The summed E-state index contributed by atoms with van der Waals surface area (Å²) in [4.78, 5) is 27.4. The Labute approximate surface area is 208 Å². The van der Waals surface area contributed by atoms with Gasteiger partial charge in [-0.15, -0.1) is 0 Å². The fourth-order valence-electron chi connectivity index (χ4n) is 3.90. The maximum atomic E-state index is 15.2. The molecule has 0 saturated heterocycles. The minimum atomic E-state index is -0.919. The van der Waals surface area contributed by atoms with Crippen molar-refractivity contribution >= 4 is 34.5 Å². The summed E-state index contributed by atoms with van der Waals surface area (Å²) in [7, 11) is 1.81. The van der Waals surface area contributed by atoms with Gasteiger partial charge in [0, 0.05) is 18.8 Å². The highest BCUT2D eigenvalue weighted by atomic mass is 35.5. The third kappa shape index (κ3) is 4.23. The van der Waals surface area contributed by atoms with Crippen molar-refractivity contribution in [3.63, 3.8) is 0 Å². The number of rotatable bonds is 5. The Balaban J connectivity index is 1.64. The average molecular weight is 506 g/mol. The van der Waals surface area contributed by atoms with Crippen molar-refractivity contribution in [3.05, 3.63) is 72.0 Å². The molecule has 10 nitrogen and oxygen atoms in total. The smallest absolute Gasteiger partial charge is 0.409 e. The van der Waals surface area contributed by atoms with Gasteiger partial charge in [-0.25, -0.2) is 24.1 Å². The van der Waals surface area contributed by atoms with Gasteiger partial charge >= 0.3 is 12.1 Å². The second-order valence-corrected chi connectivity index (χ2v) is 7.98. The number of anilines is 1. The number of benzene rings is 2. The zero-order valence-corrected chi connectivity index (χ0v) is 19.4. The van der Waals surface area contributed by atoms with Crippen LogP contribution in [0, 0.1) is 5.82 Å². The summed E-state index contributed by atoms with van der Waals surface area (Å²) in [6, 6.07) is 12.5. The van der Waals surface area contributed by atoms with Crippen molar-refractivity contribution in [1.29, 1.82) is 0 Å². The number of nitrogens with two attached hydrogens (primary N) is 2. The van der Waals surface area contributed by atoms with Crippen LogP contribution in [0.1, 0.15) is 0 Å². The number of aryl methyl sites for hydroxylation is 1. The van der Waals surface area contributed by atoms with Crippen LogP contribution in [0.5, 0.6) is 17.5 Å². The quantitative estimate of drug-likeness (QED) is 0.326. The van der Waals surface area contributed by atoms with Crippen molar-refractivity contribution in [3.8, 4) is 39.9 Å². The first kappa shape index (κ1) is 23.0. The van der Waals surface area contributed by atoms with Crippen LogP contribution in [0.15, 0.2) is 61.1 Å². The number of ether oxygens (including phenoxy) is 2. The van der Waals surface area contributed by atoms with Crippen LogP contribution in [0.25, 0.3) is 33.4 Å². The van der Waals surface area contributed by atoms with E-state index >= 15 is 4.39 Å². The lowest BCUT2D eigenvalue weighted by molar-refractivity contribution is 0.211. The first-order valence-corrected chi connectivity index (χ1v) is 10.8. The van der Waals surface area contributed by atoms with Crippen LogP contribution in [0.2, 0.25) is 5.15 Å². The first-order chi connectivity index (χ1) is 17.3. The summed E-state index contributed by atoms with van der Waals surface area (Å²) >= 11 is 5.86. The van der Waals surface area contributed by atoms with Crippen LogP contribution < -0.4 is 20.9 Å². The molecule has 0 aliphatic rings. The van der Waals surface area contributed by atoms with E-state index in [1.807, 2.05) is 11.6 Å². The molecule has 36 heavy (non-hydrogen) atoms. The zero-order valence-electron chi connectivity index (χ0n) is 18.6. The molecule has 0 atom stereocenters. The van der Waals surface area contributed by atoms with E-state index in [0.29, 0.717) is 27.9 Å². The number of nitrogens with zero attached hydrogens (tertiary/aromatic N) is 5. The van der Waals surface area contributed by atoms with Crippen LogP contribution in [-0.4, -0.2) is 30.6 Å². The molecule has 3 heterocycles. The number of aromatic nitrogens is 5. The van der Waals surface area contributed by atoms with E-state index in [2.05, 4.69) is 19.9 Å². The number of amides is 1. The molecule has 12 heteroatoms. The Bertz CT molecular complexity index is 1620. The van der Waals surface area contributed by atoms with Crippen molar-refractivity contribution in [2.45, 2.75) is 0 Å². The third-order valence-corrected chi connectivity index (χ3v) is 5.57. The van der Waals surface area contributed by atoms with E-state index < -0.39 is 11.9 Å². The Hall–Kier alpha value is -4.77. The monoisotopic (exact) mass is 505 g/mol. The second kappa shape index (κ2) is 9.12. The van der Waals surface area contributed by atoms with Crippen molar-refractivity contribution in [2.75, 3.05) is 5.73 Å². The minimum absolute atomic E-state index is 0.0834. The molecule has 0 saturated carbocycles. The average Bonchev–Trinajstić information content (AvgIpc) is 3.14. The summed E-state index contributed by atoms with van der Waals surface area (Å²) in [5.41, 5.74) is 14.4. The Morgan fingerprint density at radius 2 is 1.81 bits per heavy atom. The van der Waals surface area contributed by atoms with Gasteiger partial charge in [-0.2, -0.15) is 4.98 Å². The summed E-state index contributed by atoms with van der Waals surface area (Å²) in [5.74, 6) is -0.222. The molecule has 4 N–H and O–H groups in total. The minimum Gasteiger partial charge on any atom is -0.421 e. The van der Waals surface area contributed by atoms with Gasteiger partial charge in [-0.1, -0.05) is 17.7 Å². The molecule has 3 aromatic heterocycles. The summed E-state index contributed by atoms with van der Waals surface area (Å²) in [5, 5.41) is 0.721. The Kier molecular flexibility index (Phi) is 5.82. The van der Waals surface area contributed by atoms with Gasteiger partial charge in [-0.05, 0) is 53.6 Å². The van der Waals surface area contributed by atoms with E-state index in [9.17, 15) is 4.79 Å². The molecular weight excluding hydrogens is 489 g/mol. The number of hydrogen-bond acceptors (Lipinski definition) is 8. The number of carbonyl (C=O) groups excluding carboxylic acids is 1. The molecule has 180 valence electrons. The van der Waals surface area contributed by atoms with Crippen LogP contribution in [0.3, 0.4) is 0 Å². The molecule has 5 rings (SSSR count). The largest absolute Gasteiger partial charge is 0.421 e. The fourth-order valence-corrected chi connectivity index (χ4v) is 4.03. The maximum absolute atomic E-state index is 15.2. The van der Waals surface area contributed by atoms with Crippen molar-refractivity contribution in [2.24, 2.45) is 12.8 Å². The lowest BCUT2D eigenvalue weighted by atomic mass is 9.98. The molecule has 0 aliphatic carbocycles. The zero-order chi connectivity index (χ0) is 25.4. The summed E-state index contributed by atoms with van der Waals surface area (Å²) in [6.07, 6.45) is 1.84. The normalized spacial score (nSPS) is 11.0. The molecule has 0 bridgehead atoms. The molecule has 5 aromatic rings. The number of primary amides is 1. The van der Waals surface area contributed by atoms with E-state index in [1.54, 1.807) is 30.3 Å². The standard InChI is InChI=1S/C24H17ClFN7O3/c1-33-20(12-2-5-14(6-3-12)35-23(28)34)18(19-21(27)30-11-31-22(19)33)13-4-7-16(15(26)10-13)36-24-29-9-8-17(25)32-24/h2-11H,1H3,(H2,28,34)(H2,27,30,31). The Morgan fingerprint density at radius 3 is 2.50 bits per heavy atom. The lowest BCUT2D eigenvalue weighted by Gasteiger charge is -2.11. The summed E-state index contributed by atoms with van der Waals surface area (Å²) < 4.78 is 27.4.